The van der Waals surface area contributed by atoms with Gasteiger partial charge in [0.1, 0.15) is 18.7 Å². The topological polar surface area (TPSA) is 96.5 Å². The summed E-state index contributed by atoms with van der Waals surface area (Å²) in [4.78, 5) is 36.3. The lowest BCUT2D eigenvalue weighted by Crippen LogP contribution is -2.53. The summed E-state index contributed by atoms with van der Waals surface area (Å²) in [6.07, 6.45) is 0.233. The third-order valence-corrected chi connectivity index (χ3v) is 3.82. The number of ether oxygens (including phenoxy) is 1. The van der Waals surface area contributed by atoms with Crippen molar-refractivity contribution in [3.63, 3.8) is 0 Å². The summed E-state index contributed by atoms with van der Waals surface area (Å²) < 4.78 is 5.18. The Morgan fingerprint density at radius 1 is 1.00 bits per heavy atom. The van der Waals surface area contributed by atoms with Crippen LogP contribution in [0, 0.1) is 5.92 Å². The molecular formula is C19H29N3O4. The molecule has 0 fully saturated rings. The van der Waals surface area contributed by atoms with E-state index in [0.29, 0.717) is 12.8 Å². The molecule has 0 aliphatic rings. The Kier molecular flexibility index (Phi) is 9.19. The molecule has 1 rings (SSSR count). The quantitative estimate of drug-likeness (QED) is 0.625. The number of likely N-dealkylation sites (N-methyl/N-ethyl adjacent to an activating group) is 1. The van der Waals surface area contributed by atoms with Crippen molar-refractivity contribution in [3.8, 4) is 0 Å². The molecule has 7 nitrogen and oxygen atoms in total. The fraction of sp³-hybridized carbons (Fsp3) is 0.526. The highest BCUT2D eigenvalue weighted by Crippen LogP contribution is 2.07. The zero-order chi connectivity index (χ0) is 19.5. The Labute approximate surface area is 154 Å². The lowest BCUT2D eigenvalue weighted by atomic mass is 10.0. The first-order valence-electron chi connectivity index (χ1n) is 8.86. The van der Waals surface area contributed by atoms with E-state index in [2.05, 4.69) is 16.0 Å². The summed E-state index contributed by atoms with van der Waals surface area (Å²) in [6.45, 7) is 5.83. The standard InChI is InChI=1S/C19H29N3O4/c1-5-15(17(23)20-4)21-18(24)16(11-13(2)3)22-19(25)26-12-14-9-7-6-8-10-14/h6-10,13,15-16H,5,11-12H2,1-4H3,(H,20,23)(H,21,24)(H,22,25). The average Bonchev–Trinajstić information content (AvgIpc) is 2.63. The van der Waals surface area contributed by atoms with Gasteiger partial charge in [-0.15, -0.1) is 0 Å². The van der Waals surface area contributed by atoms with E-state index >= 15 is 0 Å². The highest BCUT2D eigenvalue weighted by Gasteiger charge is 2.26. The fourth-order valence-corrected chi connectivity index (χ4v) is 2.41. The first-order valence-corrected chi connectivity index (χ1v) is 8.86. The number of hydrogen-bond donors (Lipinski definition) is 3. The first kappa shape index (κ1) is 21.5. The number of alkyl carbamates (subject to hydrolysis) is 1. The van der Waals surface area contributed by atoms with Crippen molar-refractivity contribution in [2.45, 2.75) is 52.3 Å². The second-order valence-corrected chi connectivity index (χ2v) is 6.47. The summed E-state index contributed by atoms with van der Waals surface area (Å²) >= 11 is 0. The molecule has 0 saturated heterocycles. The Hall–Kier alpha value is -2.57. The second kappa shape index (κ2) is 11.1. The molecule has 26 heavy (non-hydrogen) atoms. The maximum absolute atomic E-state index is 12.5. The van der Waals surface area contributed by atoms with Gasteiger partial charge in [0, 0.05) is 7.05 Å². The van der Waals surface area contributed by atoms with Crippen LogP contribution in [0.25, 0.3) is 0 Å². The van der Waals surface area contributed by atoms with Gasteiger partial charge in [-0.1, -0.05) is 51.1 Å². The van der Waals surface area contributed by atoms with Gasteiger partial charge in [0.2, 0.25) is 11.8 Å². The Morgan fingerprint density at radius 3 is 2.19 bits per heavy atom. The zero-order valence-corrected chi connectivity index (χ0v) is 15.9. The molecule has 1 aromatic rings. The number of carbonyl (C=O) groups excluding carboxylic acids is 3. The van der Waals surface area contributed by atoms with Crippen LogP contribution in [0.1, 0.15) is 39.2 Å². The minimum atomic E-state index is -0.767. The molecule has 0 bridgehead atoms. The molecule has 0 aromatic heterocycles. The van der Waals surface area contributed by atoms with E-state index in [4.69, 9.17) is 4.74 Å². The Balaban J connectivity index is 2.65. The summed E-state index contributed by atoms with van der Waals surface area (Å²) in [7, 11) is 1.52. The molecule has 0 aliphatic heterocycles. The molecule has 0 aliphatic carbocycles. The molecule has 1 aromatic carbocycles. The predicted octanol–water partition coefficient (Wildman–Crippen LogP) is 1.97. The molecule has 3 N–H and O–H groups in total. The van der Waals surface area contributed by atoms with Gasteiger partial charge >= 0.3 is 6.09 Å². The molecule has 0 saturated carbocycles. The Bertz CT molecular complexity index is 590. The summed E-state index contributed by atoms with van der Waals surface area (Å²) in [5.74, 6) is -0.484. The van der Waals surface area contributed by atoms with E-state index < -0.39 is 24.1 Å². The molecule has 2 atom stereocenters. The van der Waals surface area contributed by atoms with E-state index in [1.54, 1.807) is 6.92 Å². The number of nitrogens with one attached hydrogen (secondary N) is 3. The van der Waals surface area contributed by atoms with Crippen LogP contribution in [0.5, 0.6) is 0 Å². The van der Waals surface area contributed by atoms with E-state index in [1.165, 1.54) is 7.05 Å². The highest BCUT2D eigenvalue weighted by molar-refractivity contribution is 5.91. The van der Waals surface area contributed by atoms with Crippen molar-refractivity contribution in [1.29, 1.82) is 0 Å². The van der Waals surface area contributed by atoms with E-state index in [1.807, 2.05) is 44.2 Å². The number of amides is 3. The fourth-order valence-electron chi connectivity index (χ4n) is 2.41. The molecule has 144 valence electrons. The van der Waals surface area contributed by atoms with E-state index in [-0.39, 0.29) is 18.4 Å². The molecule has 3 amide bonds. The predicted molar refractivity (Wildman–Crippen MR) is 99.3 cm³/mol. The number of hydrogen-bond acceptors (Lipinski definition) is 4. The zero-order valence-electron chi connectivity index (χ0n) is 15.9. The summed E-state index contributed by atoms with van der Waals surface area (Å²) in [6, 6.07) is 7.89. The van der Waals surface area contributed by atoms with Crippen molar-refractivity contribution in [3.05, 3.63) is 35.9 Å². The minimum Gasteiger partial charge on any atom is -0.445 e. The van der Waals surface area contributed by atoms with Gasteiger partial charge in [-0.25, -0.2) is 4.79 Å². The maximum atomic E-state index is 12.5. The molecule has 7 heteroatoms. The third kappa shape index (κ3) is 7.55. The highest BCUT2D eigenvalue weighted by atomic mass is 16.5. The van der Waals surface area contributed by atoms with Crippen molar-refractivity contribution in [2.75, 3.05) is 7.05 Å². The van der Waals surface area contributed by atoms with Gasteiger partial charge in [-0.3, -0.25) is 9.59 Å². The maximum Gasteiger partial charge on any atom is 0.408 e. The smallest absolute Gasteiger partial charge is 0.408 e. The number of rotatable bonds is 9. The lowest BCUT2D eigenvalue weighted by Gasteiger charge is -2.23. The van der Waals surface area contributed by atoms with Crippen LogP contribution in [0.15, 0.2) is 30.3 Å². The number of benzene rings is 1. The van der Waals surface area contributed by atoms with Crippen molar-refractivity contribution in [2.24, 2.45) is 5.92 Å². The molecule has 2 unspecified atom stereocenters. The number of carbonyl (C=O) groups is 3. The van der Waals surface area contributed by atoms with Gasteiger partial charge in [-0.05, 0) is 24.3 Å². The average molecular weight is 363 g/mol. The van der Waals surface area contributed by atoms with E-state index in [0.717, 1.165) is 5.56 Å². The molecular weight excluding hydrogens is 334 g/mol. The molecule has 0 heterocycles. The van der Waals surface area contributed by atoms with Crippen molar-refractivity contribution >= 4 is 17.9 Å². The second-order valence-electron chi connectivity index (χ2n) is 6.47. The van der Waals surface area contributed by atoms with Crippen molar-refractivity contribution < 1.29 is 19.1 Å². The first-order chi connectivity index (χ1) is 12.4. The molecule has 0 radical (unpaired) electrons. The van der Waals surface area contributed by atoms with Gasteiger partial charge in [-0.2, -0.15) is 0 Å². The van der Waals surface area contributed by atoms with Gasteiger partial charge < -0.3 is 20.7 Å². The van der Waals surface area contributed by atoms with Gasteiger partial charge in [0.25, 0.3) is 0 Å². The van der Waals surface area contributed by atoms with Crippen LogP contribution in [0.4, 0.5) is 4.79 Å². The summed E-state index contributed by atoms with van der Waals surface area (Å²) in [5, 5.41) is 7.80. The van der Waals surface area contributed by atoms with Crippen LogP contribution in [-0.4, -0.2) is 37.0 Å². The van der Waals surface area contributed by atoms with E-state index in [9.17, 15) is 14.4 Å². The largest absolute Gasteiger partial charge is 0.445 e. The molecule has 0 spiro atoms. The van der Waals surface area contributed by atoms with Gasteiger partial charge in [0.15, 0.2) is 0 Å². The third-order valence-electron chi connectivity index (χ3n) is 3.82. The van der Waals surface area contributed by atoms with Crippen LogP contribution in [-0.2, 0) is 20.9 Å². The normalized spacial score (nSPS) is 12.8. The SMILES string of the molecule is CCC(NC(=O)C(CC(C)C)NC(=O)OCc1ccccc1)C(=O)NC. The Morgan fingerprint density at radius 2 is 1.65 bits per heavy atom. The van der Waals surface area contributed by atoms with Gasteiger partial charge in [0.05, 0.1) is 0 Å². The van der Waals surface area contributed by atoms with Crippen LogP contribution >= 0.6 is 0 Å². The minimum absolute atomic E-state index is 0.124. The van der Waals surface area contributed by atoms with Crippen LogP contribution < -0.4 is 16.0 Å². The lowest BCUT2D eigenvalue weighted by molar-refractivity contribution is -0.130. The van der Waals surface area contributed by atoms with Crippen LogP contribution in [0.3, 0.4) is 0 Å². The summed E-state index contributed by atoms with van der Waals surface area (Å²) in [5.41, 5.74) is 0.859. The van der Waals surface area contributed by atoms with Crippen LogP contribution in [0.2, 0.25) is 0 Å². The monoisotopic (exact) mass is 363 g/mol. The van der Waals surface area contributed by atoms with Crippen molar-refractivity contribution in [1.82, 2.24) is 16.0 Å².